The highest BCUT2D eigenvalue weighted by Crippen LogP contribution is 2.06. The molecule has 0 fully saturated rings. The zero-order valence-corrected chi connectivity index (χ0v) is 9.86. The van der Waals surface area contributed by atoms with Gasteiger partial charge in [-0.2, -0.15) is 0 Å². The minimum absolute atomic E-state index is 0.0966. The largest absolute Gasteiger partial charge is 0.454 e. The van der Waals surface area contributed by atoms with Crippen LogP contribution < -0.4 is 0 Å². The summed E-state index contributed by atoms with van der Waals surface area (Å²) in [7, 11) is 0. The van der Waals surface area contributed by atoms with Crippen LogP contribution in [0.3, 0.4) is 0 Å². The number of carbonyl (C=O) groups is 2. The van der Waals surface area contributed by atoms with E-state index in [-0.39, 0.29) is 11.1 Å². The molecule has 0 N–H and O–H groups in total. The molecule has 0 saturated heterocycles. The van der Waals surface area contributed by atoms with Gasteiger partial charge in [-0.3, -0.25) is 9.59 Å². The molecule has 80 valence electrons. The van der Waals surface area contributed by atoms with E-state index in [1.807, 2.05) is 6.07 Å². The molecule has 1 unspecified atom stereocenters. The molecule has 15 heavy (non-hydrogen) atoms. The first kappa shape index (κ1) is 11.9. The number of halogens is 1. The van der Waals surface area contributed by atoms with Crippen LogP contribution in [0.25, 0.3) is 0 Å². The van der Waals surface area contributed by atoms with E-state index in [1.54, 1.807) is 31.2 Å². The number of rotatable bonds is 4. The van der Waals surface area contributed by atoms with Gasteiger partial charge in [0.1, 0.15) is 5.33 Å². The molecule has 0 amide bonds. The second-order valence-electron chi connectivity index (χ2n) is 3.00. The van der Waals surface area contributed by atoms with E-state index in [0.29, 0.717) is 5.56 Å². The summed E-state index contributed by atoms with van der Waals surface area (Å²) in [6.07, 6.45) is -0.738. The van der Waals surface area contributed by atoms with E-state index in [0.717, 1.165) is 0 Å². The van der Waals surface area contributed by atoms with Gasteiger partial charge in [0.2, 0.25) is 5.78 Å². The molecule has 0 spiro atoms. The number of hydrogen-bond acceptors (Lipinski definition) is 3. The number of Topliss-reactive ketones (excluding diaryl/α,β-unsaturated/α-hetero) is 1. The third-order valence-corrected chi connectivity index (χ3v) is 2.30. The van der Waals surface area contributed by atoms with Gasteiger partial charge in [-0.05, 0) is 6.92 Å². The summed E-state index contributed by atoms with van der Waals surface area (Å²) >= 11 is 2.96. The van der Waals surface area contributed by atoms with Gasteiger partial charge in [-0.15, -0.1) is 0 Å². The highest BCUT2D eigenvalue weighted by Gasteiger charge is 2.18. The number of ether oxygens (including phenoxy) is 1. The summed E-state index contributed by atoms with van der Waals surface area (Å²) in [4.78, 5) is 22.6. The number of benzene rings is 1. The fourth-order valence-electron chi connectivity index (χ4n) is 1.12. The minimum atomic E-state index is -0.738. The standard InChI is InChI=1S/C11H11BrO3/c1-8(15-10(13)7-12)11(14)9-5-3-2-4-6-9/h2-6,8H,7H2,1H3. The van der Waals surface area contributed by atoms with Crippen molar-refractivity contribution >= 4 is 27.7 Å². The molecule has 1 atom stereocenters. The monoisotopic (exact) mass is 270 g/mol. The van der Waals surface area contributed by atoms with Crippen molar-refractivity contribution in [1.82, 2.24) is 0 Å². The smallest absolute Gasteiger partial charge is 0.317 e. The molecule has 0 aliphatic carbocycles. The van der Waals surface area contributed by atoms with Crippen molar-refractivity contribution in [2.45, 2.75) is 13.0 Å². The van der Waals surface area contributed by atoms with Gasteiger partial charge in [0, 0.05) is 5.56 Å². The van der Waals surface area contributed by atoms with Crippen LogP contribution in [-0.2, 0) is 9.53 Å². The van der Waals surface area contributed by atoms with E-state index < -0.39 is 12.1 Å². The topological polar surface area (TPSA) is 43.4 Å². The Morgan fingerprint density at radius 2 is 1.93 bits per heavy atom. The van der Waals surface area contributed by atoms with Gasteiger partial charge >= 0.3 is 5.97 Å². The molecule has 1 rings (SSSR count). The molecule has 0 saturated carbocycles. The van der Waals surface area contributed by atoms with Gasteiger partial charge < -0.3 is 4.74 Å². The number of ketones is 1. The Balaban J connectivity index is 2.65. The zero-order chi connectivity index (χ0) is 11.3. The molecule has 0 aliphatic heterocycles. The van der Waals surface area contributed by atoms with E-state index in [2.05, 4.69) is 15.9 Å². The number of alkyl halides is 1. The summed E-state index contributed by atoms with van der Waals surface area (Å²) in [5.74, 6) is -0.628. The lowest BCUT2D eigenvalue weighted by Crippen LogP contribution is -2.24. The summed E-state index contributed by atoms with van der Waals surface area (Å²) in [5.41, 5.74) is 0.548. The van der Waals surface area contributed by atoms with E-state index in [1.165, 1.54) is 0 Å². The number of esters is 1. The molecule has 0 aliphatic rings. The number of hydrogen-bond donors (Lipinski definition) is 0. The first-order valence-electron chi connectivity index (χ1n) is 4.50. The van der Waals surface area contributed by atoms with Crippen LogP contribution in [0.4, 0.5) is 0 Å². The first-order chi connectivity index (χ1) is 7.15. The maximum atomic E-state index is 11.7. The Morgan fingerprint density at radius 3 is 2.47 bits per heavy atom. The molecule has 0 radical (unpaired) electrons. The highest BCUT2D eigenvalue weighted by molar-refractivity contribution is 9.09. The highest BCUT2D eigenvalue weighted by atomic mass is 79.9. The fraction of sp³-hybridized carbons (Fsp3) is 0.273. The lowest BCUT2D eigenvalue weighted by atomic mass is 10.1. The summed E-state index contributed by atoms with van der Waals surface area (Å²) in [6, 6.07) is 8.76. The Morgan fingerprint density at radius 1 is 1.33 bits per heavy atom. The summed E-state index contributed by atoms with van der Waals surface area (Å²) in [5, 5.41) is 0.0966. The molecule has 0 heterocycles. The van der Waals surface area contributed by atoms with Crippen LogP contribution in [0.2, 0.25) is 0 Å². The fourth-order valence-corrected chi connectivity index (χ4v) is 1.25. The maximum absolute atomic E-state index is 11.7. The lowest BCUT2D eigenvalue weighted by Gasteiger charge is -2.10. The molecule has 4 heteroatoms. The third-order valence-electron chi connectivity index (χ3n) is 1.84. The Hall–Kier alpha value is -1.16. The quantitative estimate of drug-likeness (QED) is 0.479. The predicted octanol–water partition coefficient (Wildman–Crippen LogP) is 2.20. The van der Waals surface area contributed by atoms with Crippen molar-refractivity contribution in [3.63, 3.8) is 0 Å². The normalized spacial score (nSPS) is 11.9. The Kier molecular flexibility index (Phi) is 4.49. The molecule has 0 aromatic heterocycles. The van der Waals surface area contributed by atoms with Crippen LogP contribution in [0.5, 0.6) is 0 Å². The van der Waals surface area contributed by atoms with Gasteiger partial charge in [-0.25, -0.2) is 0 Å². The van der Waals surface area contributed by atoms with Crippen molar-refractivity contribution in [3.8, 4) is 0 Å². The molecule has 0 bridgehead atoms. The zero-order valence-electron chi connectivity index (χ0n) is 8.27. The Labute approximate surface area is 96.6 Å². The molecular formula is C11H11BrO3. The lowest BCUT2D eigenvalue weighted by molar-refractivity contribution is -0.142. The molecule has 3 nitrogen and oxygen atoms in total. The minimum Gasteiger partial charge on any atom is -0.454 e. The Bertz CT molecular complexity index is 348. The van der Waals surface area contributed by atoms with Crippen LogP contribution in [-0.4, -0.2) is 23.2 Å². The van der Waals surface area contributed by atoms with Crippen molar-refractivity contribution < 1.29 is 14.3 Å². The van der Waals surface area contributed by atoms with Crippen LogP contribution in [0, 0.1) is 0 Å². The predicted molar refractivity (Wildman–Crippen MR) is 60.1 cm³/mol. The van der Waals surface area contributed by atoms with Crippen LogP contribution in [0.15, 0.2) is 30.3 Å². The van der Waals surface area contributed by atoms with Gasteiger partial charge in [0.15, 0.2) is 6.10 Å². The van der Waals surface area contributed by atoms with Crippen molar-refractivity contribution in [1.29, 1.82) is 0 Å². The van der Waals surface area contributed by atoms with Crippen molar-refractivity contribution in [3.05, 3.63) is 35.9 Å². The maximum Gasteiger partial charge on any atom is 0.317 e. The van der Waals surface area contributed by atoms with Gasteiger partial charge in [0.25, 0.3) is 0 Å². The van der Waals surface area contributed by atoms with Crippen molar-refractivity contribution in [2.75, 3.05) is 5.33 Å². The summed E-state index contributed by atoms with van der Waals surface area (Å²) < 4.78 is 4.88. The van der Waals surface area contributed by atoms with Crippen molar-refractivity contribution in [2.24, 2.45) is 0 Å². The van der Waals surface area contributed by atoms with Gasteiger partial charge in [0.05, 0.1) is 0 Å². The first-order valence-corrected chi connectivity index (χ1v) is 5.62. The molecule has 1 aromatic rings. The van der Waals surface area contributed by atoms with Crippen LogP contribution >= 0.6 is 15.9 Å². The van der Waals surface area contributed by atoms with Gasteiger partial charge in [-0.1, -0.05) is 46.3 Å². The second kappa shape index (κ2) is 5.66. The summed E-state index contributed by atoms with van der Waals surface area (Å²) in [6.45, 7) is 1.57. The van der Waals surface area contributed by atoms with Crippen LogP contribution in [0.1, 0.15) is 17.3 Å². The second-order valence-corrected chi connectivity index (χ2v) is 3.56. The van der Waals surface area contributed by atoms with E-state index in [4.69, 9.17) is 4.74 Å². The SMILES string of the molecule is CC(OC(=O)CBr)C(=O)c1ccccc1. The third kappa shape index (κ3) is 3.47. The average Bonchev–Trinajstić information content (AvgIpc) is 2.29. The number of carbonyl (C=O) groups excluding carboxylic acids is 2. The molecular weight excluding hydrogens is 260 g/mol. The molecule has 1 aromatic carbocycles. The van der Waals surface area contributed by atoms with E-state index in [9.17, 15) is 9.59 Å². The van der Waals surface area contributed by atoms with E-state index >= 15 is 0 Å². The average molecular weight is 271 g/mol.